The standard InChI is InChI=1S/C18H32N2O2/c1-13(2)6-8-22-17-5-7-20(12-17)18(21)11-14-9-15-3-4-16(10-14)19-15/h13-17,19H,3-12H2,1-2H3. The minimum absolute atomic E-state index is 0.270. The summed E-state index contributed by atoms with van der Waals surface area (Å²) in [5, 5.41) is 3.66. The van der Waals surface area contributed by atoms with Crippen molar-refractivity contribution >= 4 is 5.91 Å². The Balaban J connectivity index is 1.38. The summed E-state index contributed by atoms with van der Waals surface area (Å²) in [7, 11) is 0. The van der Waals surface area contributed by atoms with Gasteiger partial charge < -0.3 is 15.0 Å². The average molecular weight is 308 g/mol. The Hall–Kier alpha value is -0.610. The maximum Gasteiger partial charge on any atom is 0.222 e. The molecule has 0 aromatic carbocycles. The van der Waals surface area contributed by atoms with Gasteiger partial charge >= 0.3 is 0 Å². The number of rotatable bonds is 6. The van der Waals surface area contributed by atoms with Gasteiger partial charge in [0, 0.05) is 38.2 Å². The predicted molar refractivity (Wildman–Crippen MR) is 87.7 cm³/mol. The zero-order chi connectivity index (χ0) is 15.5. The highest BCUT2D eigenvalue weighted by Gasteiger charge is 2.35. The lowest BCUT2D eigenvalue weighted by molar-refractivity contribution is -0.132. The molecule has 0 aromatic heterocycles. The third kappa shape index (κ3) is 4.23. The van der Waals surface area contributed by atoms with E-state index in [1.54, 1.807) is 0 Å². The van der Waals surface area contributed by atoms with Crippen LogP contribution < -0.4 is 5.32 Å². The average Bonchev–Trinajstić information content (AvgIpc) is 3.05. The van der Waals surface area contributed by atoms with Crippen LogP contribution in [0.5, 0.6) is 0 Å². The summed E-state index contributed by atoms with van der Waals surface area (Å²) < 4.78 is 5.92. The van der Waals surface area contributed by atoms with Crippen LogP contribution in [0.1, 0.15) is 58.8 Å². The van der Waals surface area contributed by atoms with Crippen LogP contribution in [0.25, 0.3) is 0 Å². The Bertz CT molecular complexity index is 373. The smallest absolute Gasteiger partial charge is 0.222 e. The number of hydrogen-bond acceptors (Lipinski definition) is 3. The van der Waals surface area contributed by atoms with E-state index in [2.05, 4.69) is 19.2 Å². The van der Waals surface area contributed by atoms with E-state index in [0.29, 0.717) is 29.8 Å². The van der Waals surface area contributed by atoms with Crippen molar-refractivity contribution in [3.05, 3.63) is 0 Å². The van der Waals surface area contributed by atoms with Crippen molar-refractivity contribution in [2.24, 2.45) is 11.8 Å². The van der Waals surface area contributed by atoms with Crippen molar-refractivity contribution in [3.8, 4) is 0 Å². The van der Waals surface area contributed by atoms with Gasteiger partial charge in [-0.05, 0) is 50.4 Å². The molecular weight excluding hydrogens is 276 g/mol. The molecule has 1 amide bonds. The number of carbonyl (C=O) groups excluding carboxylic acids is 1. The van der Waals surface area contributed by atoms with Gasteiger partial charge in [-0.1, -0.05) is 13.8 Å². The largest absolute Gasteiger partial charge is 0.376 e. The Labute approximate surface area is 135 Å². The summed E-state index contributed by atoms with van der Waals surface area (Å²) in [5.41, 5.74) is 0. The first-order valence-electron chi connectivity index (χ1n) is 9.25. The van der Waals surface area contributed by atoms with Crippen LogP contribution in [0.15, 0.2) is 0 Å². The quantitative estimate of drug-likeness (QED) is 0.820. The Morgan fingerprint density at radius 1 is 1.23 bits per heavy atom. The SMILES string of the molecule is CC(C)CCOC1CCN(C(=O)CC2CC3CCC(C2)N3)C1. The first-order valence-corrected chi connectivity index (χ1v) is 9.25. The molecule has 3 saturated heterocycles. The van der Waals surface area contributed by atoms with Gasteiger partial charge in [0.05, 0.1) is 6.10 Å². The molecule has 0 saturated carbocycles. The summed E-state index contributed by atoms with van der Waals surface area (Å²) in [5.74, 6) is 1.66. The minimum Gasteiger partial charge on any atom is -0.376 e. The number of carbonyl (C=O) groups is 1. The van der Waals surface area contributed by atoms with Crippen molar-refractivity contribution < 1.29 is 9.53 Å². The molecule has 3 rings (SSSR count). The lowest BCUT2D eigenvalue weighted by atomic mass is 9.89. The van der Waals surface area contributed by atoms with Crippen molar-refractivity contribution in [2.45, 2.75) is 77.0 Å². The normalized spacial score (nSPS) is 34.6. The molecule has 0 aliphatic carbocycles. The molecule has 3 unspecified atom stereocenters. The number of fused-ring (bicyclic) bond motifs is 2. The summed E-state index contributed by atoms with van der Waals surface area (Å²) in [6.07, 6.45) is 8.17. The monoisotopic (exact) mass is 308 g/mol. The van der Waals surface area contributed by atoms with Crippen LogP contribution >= 0.6 is 0 Å². The van der Waals surface area contributed by atoms with Gasteiger partial charge in [0.2, 0.25) is 5.91 Å². The maximum atomic E-state index is 12.5. The molecule has 0 radical (unpaired) electrons. The number of nitrogens with one attached hydrogen (secondary N) is 1. The fourth-order valence-corrected chi connectivity index (χ4v) is 4.28. The number of nitrogens with zero attached hydrogens (tertiary/aromatic N) is 1. The number of hydrogen-bond donors (Lipinski definition) is 1. The molecule has 3 heterocycles. The van der Waals surface area contributed by atoms with Crippen LogP contribution in [0.3, 0.4) is 0 Å². The van der Waals surface area contributed by atoms with Crippen molar-refractivity contribution in [2.75, 3.05) is 19.7 Å². The zero-order valence-electron chi connectivity index (χ0n) is 14.2. The molecule has 3 aliphatic rings. The van der Waals surface area contributed by atoms with E-state index in [1.807, 2.05) is 4.90 Å². The third-order valence-corrected chi connectivity index (χ3v) is 5.58. The van der Waals surface area contributed by atoms with Crippen LogP contribution in [0, 0.1) is 11.8 Å². The number of piperidine rings is 1. The Morgan fingerprint density at radius 3 is 2.64 bits per heavy atom. The maximum absolute atomic E-state index is 12.5. The third-order valence-electron chi connectivity index (χ3n) is 5.58. The molecule has 4 nitrogen and oxygen atoms in total. The van der Waals surface area contributed by atoms with Crippen molar-refractivity contribution in [1.82, 2.24) is 10.2 Å². The molecule has 3 atom stereocenters. The second-order valence-corrected chi connectivity index (χ2v) is 7.98. The van der Waals surface area contributed by atoms with E-state index in [1.165, 1.54) is 25.7 Å². The lowest BCUT2D eigenvalue weighted by Crippen LogP contribution is -2.40. The second kappa shape index (κ2) is 7.31. The van der Waals surface area contributed by atoms with Gasteiger partial charge in [-0.15, -0.1) is 0 Å². The van der Waals surface area contributed by atoms with E-state index in [0.717, 1.165) is 39.0 Å². The number of amides is 1. The molecular formula is C18H32N2O2. The van der Waals surface area contributed by atoms with E-state index in [-0.39, 0.29) is 6.10 Å². The summed E-state index contributed by atoms with van der Waals surface area (Å²) in [6.45, 7) is 6.99. The van der Waals surface area contributed by atoms with E-state index in [4.69, 9.17) is 4.74 Å². The van der Waals surface area contributed by atoms with E-state index in [9.17, 15) is 4.79 Å². The van der Waals surface area contributed by atoms with Crippen LogP contribution in [0.4, 0.5) is 0 Å². The summed E-state index contributed by atoms with van der Waals surface area (Å²) >= 11 is 0. The Morgan fingerprint density at radius 2 is 1.95 bits per heavy atom. The van der Waals surface area contributed by atoms with Crippen LogP contribution in [-0.2, 0) is 9.53 Å². The van der Waals surface area contributed by atoms with Crippen molar-refractivity contribution in [3.63, 3.8) is 0 Å². The molecule has 1 N–H and O–H groups in total. The van der Waals surface area contributed by atoms with Gasteiger partial charge in [0.1, 0.15) is 0 Å². The zero-order valence-corrected chi connectivity index (χ0v) is 14.2. The molecule has 4 heteroatoms. The van der Waals surface area contributed by atoms with Gasteiger partial charge in [0.15, 0.2) is 0 Å². The molecule has 3 fully saturated rings. The molecule has 0 spiro atoms. The lowest BCUT2D eigenvalue weighted by Gasteiger charge is -2.29. The van der Waals surface area contributed by atoms with Crippen molar-refractivity contribution in [1.29, 1.82) is 0 Å². The van der Waals surface area contributed by atoms with Gasteiger partial charge in [-0.3, -0.25) is 4.79 Å². The fraction of sp³-hybridized carbons (Fsp3) is 0.944. The van der Waals surface area contributed by atoms with E-state index >= 15 is 0 Å². The molecule has 0 aromatic rings. The minimum atomic E-state index is 0.270. The first kappa shape index (κ1) is 16.3. The Kier molecular flexibility index (Phi) is 5.40. The van der Waals surface area contributed by atoms with Gasteiger partial charge in [-0.2, -0.15) is 0 Å². The van der Waals surface area contributed by atoms with E-state index < -0.39 is 0 Å². The highest BCUT2D eigenvalue weighted by molar-refractivity contribution is 5.76. The number of ether oxygens (including phenoxy) is 1. The molecule has 2 bridgehead atoms. The van der Waals surface area contributed by atoms with Gasteiger partial charge in [0.25, 0.3) is 0 Å². The number of likely N-dealkylation sites (tertiary alicyclic amines) is 1. The summed E-state index contributed by atoms with van der Waals surface area (Å²) in [4.78, 5) is 14.6. The van der Waals surface area contributed by atoms with Gasteiger partial charge in [-0.25, -0.2) is 0 Å². The molecule has 22 heavy (non-hydrogen) atoms. The van der Waals surface area contributed by atoms with Crippen LogP contribution in [0.2, 0.25) is 0 Å². The highest BCUT2D eigenvalue weighted by Crippen LogP contribution is 2.33. The second-order valence-electron chi connectivity index (χ2n) is 7.98. The topological polar surface area (TPSA) is 41.6 Å². The molecule has 3 aliphatic heterocycles. The predicted octanol–water partition coefficient (Wildman–Crippen LogP) is 2.57. The first-order chi connectivity index (χ1) is 10.6. The summed E-state index contributed by atoms with van der Waals surface area (Å²) in [6, 6.07) is 1.37. The van der Waals surface area contributed by atoms with Crippen LogP contribution in [-0.4, -0.2) is 48.7 Å². The highest BCUT2D eigenvalue weighted by atomic mass is 16.5. The fourth-order valence-electron chi connectivity index (χ4n) is 4.28. The molecule has 126 valence electrons.